The van der Waals surface area contributed by atoms with E-state index in [1.54, 1.807) is 7.11 Å². The summed E-state index contributed by atoms with van der Waals surface area (Å²) in [7, 11) is 1.62. The number of amides is 1. The average molecular weight is 244 g/mol. The first-order chi connectivity index (χ1) is 8.33. The van der Waals surface area contributed by atoms with Crippen molar-refractivity contribution in [2.45, 2.75) is 31.8 Å². The van der Waals surface area contributed by atoms with Crippen molar-refractivity contribution in [1.82, 2.24) is 10.6 Å². The van der Waals surface area contributed by atoms with E-state index in [4.69, 9.17) is 9.47 Å². The molecule has 5 heteroatoms. The number of nitrogens with one attached hydrogen (secondary N) is 2. The van der Waals surface area contributed by atoms with Crippen LogP contribution in [-0.2, 0) is 14.3 Å². The maximum atomic E-state index is 11.3. The van der Waals surface area contributed by atoms with Crippen LogP contribution < -0.4 is 10.6 Å². The highest BCUT2D eigenvalue weighted by molar-refractivity contribution is 5.77. The van der Waals surface area contributed by atoms with Crippen molar-refractivity contribution in [3.8, 4) is 0 Å². The van der Waals surface area contributed by atoms with Crippen molar-refractivity contribution in [2.24, 2.45) is 0 Å². The van der Waals surface area contributed by atoms with Gasteiger partial charge in [0, 0.05) is 20.3 Å². The van der Waals surface area contributed by atoms with Crippen molar-refractivity contribution in [3.63, 3.8) is 0 Å². The molecule has 1 saturated heterocycles. The average Bonchev–Trinajstić information content (AvgIpc) is 2.82. The van der Waals surface area contributed by atoms with Gasteiger partial charge in [-0.2, -0.15) is 0 Å². The van der Waals surface area contributed by atoms with Crippen LogP contribution in [0.2, 0.25) is 0 Å². The van der Waals surface area contributed by atoms with E-state index in [9.17, 15) is 4.79 Å². The topological polar surface area (TPSA) is 59.6 Å². The Bertz CT molecular complexity index is 206. The van der Waals surface area contributed by atoms with E-state index in [0.717, 1.165) is 26.0 Å². The zero-order valence-electron chi connectivity index (χ0n) is 10.7. The fourth-order valence-corrected chi connectivity index (χ4v) is 1.88. The van der Waals surface area contributed by atoms with Gasteiger partial charge in [-0.1, -0.05) is 0 Å². The molecule has 0 radical (unpaired) electrons. The monoisotopic (exact) mass is 244 g/mol. The molecule has 0 aromatic heterocycles. The van der Waals surface area contributed by atoms with E-state index in [-0.39, 0.29) is 5.91 Å². The molecule has 17 heavy (non-hydrogen) atoms. The van der Waals surface area contributed by atoms with E-state index in [1.807, 2.05) is 0 Å². The zero-order valence-corrected chi connectivity index (χ0v) is 10.7. The second-order valence-corrected chi connectivity index (χ2v) is 4.30. The molecule has 1 atom stereocenters. The minimum Gasteiger partial charge on any atom is -0.383 e. The zero-order chi connectivity index (χ0) is 12.3. The van der Waals surface area contributed by atoms with E-state index in [1.165, 1.54) is 12.8 Å². The summed E-state index contributed by atoms with van der Waals surface area (Å²) < 4.78 is 10.4. The largest absolute Gasteiger partial charge is 0.383 e. The Labute approximate surface area is 103 Å². The van der Waals surface area contributed by atoms with Gasteiger partial charge in [0.15, 0.2) is 0 Å². The maximum absolute atomic E-state index is 11.3. The minimum absolute atomic E-state index is 0.0270. The summed E-state index contributed by atoms with van der Waals surface area (Å²) in [5, 5.41) is 5.89. The Hall–Kier alpha value is -0.650. The lowest BCUT2D eigenvalue weighted by atomic mass is 10.1. The van der Waals surface area contributed by atoms with Gasteiger partial charge in [0.1, 0.15) is 0 Å². The number of ether oxygens (including phenoxy) is 2. The van der Waals surface area contributed by atoms with Crippen LogP contribution >= 0.6 is 0 Å². The predicted octanol–water partition coefficient (Wildman–Crippen LogP) is 0.298. The molecule has 0 bridgehead atoms. The minimum atomic E-state index is 0.0270. The molecule has 0 spiro atoms. The molecular weight excluding hydrogens is 220 g/mol. The van der Waals surface area contributed by atoms with Crippen LogP contribution in [0.5, 0.6) is 0 Å². The first kappa shape index (κ1) is 14.4. The Morgan fingerprint density at radius 3 is 3.06 bits per heavy atom. The Morgan fingerprint density at radius 1 is 1.47 bits per heavy atom. The quantitative estimate of drug-likeness (QED) is 0.573. The van der Waals surface area contributed by atoms with Gasteiger partial charge in [0.25, 0.3) is 0 Å². The van der Waals surface area contributed by atoms with Crippen molar-refractivity contribution in [2.75, 3.05) is 40.0 Å². The molecule has 0 aliphatic carbocycles. The molecule has 1 fully saturated rings. The van der Waals surface area contributed by atoms with Gasteiger partial charge in [0.2, 0.25) is 5.91 Å². The van der Waals surface area contributed by atoms with Gasteiger partial charge < -0.3 is 20.1 Å². The summed E-state index contributed by atoms with van der Waals surface area (Å²) in [4.78, 5) is 11.3. The van der Waals surface area contributed by atoms with Gasteiger partial charge in [-0.05, 0) is 32.2 Å². The lowest BCUT2D eigenvalue weighted by molar-refractivity contribution is -0.120. The van der Waals surface area contributed by atoms with Gasteiger partial charge in [-0.25, -0.2) is 0 Å². The van der Waals surface area contributed by atoms with E-state index in [0.29, 0.717) is 25.8 Å². The summed E-state index contributed by atoms with van der Waals surface area (Å²) in [5.41, 5.74) is 0. The predicted molar refractivity (Wildman–Crippen MR) is 66.0 cm³/mol. The Balaban J connectivity index is 1.84. The first-order valence-electron chi connectivity index (χ1n) is 6.41. The van der Waals surface area contributed by atoms with Crippen molar-refractivity contribution >= 4 is 5.91 Å². The number of hydrogen-bond acceptors (Lipinski definition) is 4. The van der Waals surface area contributed by atoms with Crippen LogP contribution in [0.3, 0.4) is 0 Å². The highest BCUT2D eigenvalue weighted by Crippen LogP contribution is 2.16. The number of rotatable bonds is 9. The fourth-order valence-electron chi connectivity index (χ4n) is 1.88. The van der Waals surface area contributed by atoms with Gasteiger partial charge in [0.05, 0.1) is 19.3 Å². The first-order valence-corrected chi connectivity index (χ1v) is 6.41. The summed E-state index contributed by atoms with van der Waals surface area (Å²) in [6, 6.07) is 0. The molecule has 2 N–H and O–H groups in total. The third kappa shape index (κ3) is 7.31. The molecule has 0 aromatic carbocycles. The van der Waals surface area contributed by atoms with Crippen LogP contribution in [0.15, 0.2) is 0 Å². The number of carbonyl (C=O) groups excluding carboxylic acids is 1. The number of methoxy groups -OCH3 is 1. The smallest absolute Gasteiger partial charge is 0.234 e. The second kappa shape index (κ2) is 9.39. The highest BCUT2D eigenvalue weighted by Gasteiger charge is 2.14. The third-order valence-electron chi connectivity index (χ3n) is 2.82. The standard InChI is InChI=1S/C12H24N2O3/c1-16-9-7-14-12(15)10-13-6-2-4-11-5-3-8-17-11/h11,13H,2-10H2,1H3,(H,14,15). The fraction of sp³-hybridized carbons (Fsp3) is 0.917. The van der Waals surface area contributed by atoms with Crippen molar-refractivity contribution in [3.05, 3.63) is 0 Å². The van der Waals surface area contributed by atoms with Crippen molar-refractivity contribution < 1.29 is 14.3 Å². The molecule has 1 rings (SSSR count). The van der Waals surface area contributed by atoms with Gasteiger partial charge in [-0.3, -0.25) is 4.79 Å². The van der Waals surface area contributed by atoms with E-state index in [2.05, 4.69) is 10.6 Å². The normalized spacial score (nSPS) is 19.5. The molecule has 1 aliphatic rings. The molecule has 0 saturated carbocycles. The van der Waals surface area contributed by atoms with E-state index < -0.39 is 0 Å². The second-order valence-electron chi connectivity index (χ2n) is 4.30. The van der Waals surface area contributed by atoms with E-state index >= 15 is 0 Å². The van der Waals surface area contributed by atoms with Crippen LogP contribution in [-0.4, -0.2) is 52.0 Å². The van der Waals surface area contributed by atoms with Crippen molar-refractivity contribution in [1.29, 1.82) is 0 Å². The molecular formula is C12H24N2O3. The maximum Gasteiger partial charge on any atom is 0.234 e. The van der Waals surface area contributed by atoms with Gasteiger partial charge in [-0.15, -0.1) is 0 Å². The Kier molecular flexibility index (Phi) is 7.96. The summed E-state index contributed by atoms with van der Waals surface area (Å²) >= 11 is 0. The lowest BCUT2D eigenvalue weighted by Gasteiger charge is -2.09. The SMILES string of the molecule is COCCNC(=O)CNCCCC1CCCO1. The Morgan fingerprint density at radius 2 is 2.35 bits per heavy atom. The molecule has 1 amide bonds. The van der Waals surface area contributed by atoms with Crippen LogP contribution in [0.1, 0.15) is 25.7 Å². The highest BCUT2D eigenvalue weighted by atomic mass is 16.5. The summed E-state index contributed by atoms with van der Waals surface area (Å²) in [5.74, 6) is 0.0270. The van der Waals surface area contributed by atoms with Crippen LogP contribution in [0, 0.1) is 0 Å². The molecule has 100 valence electrons. The summed E-state index contributed by atoms with van der Waals surface area (Å²) in [6.45, 7) is 3.31. The van der Waals surface area contributed by atoms with Gasteiger partial charge >= 0.3 is 0 Å². The third-order valence-corrected chi connectivity index (χ3v) is 2.82. The number of hydrogen-bond donors (Lipinski definition) is 2. The number of carbonyl (C=O) groups is 1. The lowest BCUT2D eigenvalue weighted by Crippen LogP contribution is -2.36. The van der Waals surface area contributed by atoms with Crippen LogP contribution in [0.25, 0.3) is 0 Å². The molecule has 1 aliphatic heterocycles. The molecule has 0 aromatic rings. The molecule has 1 heterocycles. The van der Waals surface area contributed by atoms with Crippen LogP contribution in [0.4, 0.5) is 0 Å². The molecule has 1 unspecified atom stereocenters. The molecule has 5 nitrogen and oxygen atoms in total. The summed E-state index contributed by atoms with van der Waals surface area (Å²) in [6.07, 6.45) is 5.00.